The Bertz CT molecular complexity index is 1310. The molecule has 1 fully saturated rings. The molecule has 1 aliphatic rings. The van der Waals surface area contributed by atoms with Gasteiger partial charge in [0.25, 0.3) is 0 Å². The molecule has 0 atom stereocenters. The van der Waals surface area contributed by atoms with Gasteiger partial charge in [0.2, 0.25) is 5.91 Å². The van der Waals surface area contributed by atoms with E-state index >= 15 is 0 Å². The Morgan fingerprint density at radius 1 is 0.765 bits per heavy atom. The molecule has 170 valence electrons. The van der Waals surface area contributed by atoms with E-state index in [1.165, 1.54) is 16.8 Å². The van der Waals surface area contributed by atoms with Crippen LogP contribution in [0.25, 0.3) is 21.9 Å². The SMILES string of the molecule is O=C(CCC(=O)N1CCN(c2ccccc2-c2ccccc2)CC1)c1ccc2cnccc2c1. The largest absolute Gasteiger partial charge is 0.367 e. The summed E-state index contributed by atoms with van der Waals surface area (Å²) in [6.07, 6.45) is 3.98. The van der Waals surface area contributed by atoms with Crippen molar-refractivity contribution in [3.8, 4) is 11.1 Å². The number of nitrogens with zero attached hydrogens (tertiary/aromatic N) is 3. The second-order valence-corrected chi connectivity index (χ2v) is 8.61. The van der Waals surface area contributed by atoms with E-state index in [2.05, 4.69) is 58.4 Å². The van der Waals surface area contributed by atoms with Crippen LogP contribution < -0.4 is 4.90 Å². The van der Waals surface area contributed by atoms with Gasteiger partial charge in [0.1, 0.15) is 0 Å². The van der Waals surface area contributed by atoms with Crippen molar-refractivity contribution in [2.75, 3.05) is 31.1 Å². The van der Waals surface area contributed by atoms with Crippen LogP contribution in [-0.2, 0) is 4.79 Å². The molecule has 1 aliphatic heterocycles. The molecule has 1 amide bonds. The summed E-state index contributed by atoms with van der Waals surface area (Å²) in [6.45, 7) is 2.89. The van der Waals surface area contributed by atoms with Crippen LogP contribution in [0, 0.1) is 0 Å². The molecule has 4 aromatic rings. The van der Waals surface area contributed by atoms with Crippen molar-refractivity contribution >= 4 is 28.2 Å². The maximum absolute atomic E-state index is 12.8. The molecule has 0 N–H and O–H groups in total. The monoisotopic (exact) mass is 449 g/mol. The number of aromatic nitrogens is 1. The van der Waals surface area contributed by atoms with Crippen molar-refractivity contribution in [1.29, 1.82) is 0 Å². The van der Waals surface area contributed by atoms with Gasteiger partial charge >= 0.3 is 0 Å². The van der Waals surface area contributed by atoms with Crippen LogP contribution >= 0.6 is 0 Å². The van der Waals surface area contributed by atoms with Crippen LogP contribution in [0.4, 0.5) is 5.69 Å². The number of hydrogen-bond acceptors (Lipinski definition) is 4. The fraction of sp³-hybridized carbons (Fsp3) is 0.207. The van der Waals surface area contributed by atoms with Gasteiger partial charge in [-0.3, -0.25) is 14.6 Å². The topological polar surface area (TPSA) is 53.5 Å². The van der Waals surface area contributed by atoms with E-state index in [4.69, 9.17) is 0 Å². The van der Waals surface area contributed by atoms with Gasteiger partial charge in [0.15, 0.2) is 5.78 Å². The summed E-state index contributed by atoms with van der Waals surface area (Å²) in [6, 6.07) is 26.3. The third-order valence-electron chi connectivity index (χ3n) is 6.49. The zero-order valence-electron chi connectivity index (χ0n) is 19.1. The average Bonchev–Trinajstić information content (AvgIpc) is 2.92. The first kappa shape index (κ1) is 21.8. The van der Waals surface area contributed by atoms with E-state index in [9.17, 15) is 9.59 Å². The molecule has 0 bridgehead atoms. The molecule has 0 radical (unpaired) electrons. The predicted molar refractivity (Wildman–Crippen MR) is 136 cm³/mol. The molecule has 0 aliphatic carbocycles. The van der Waals surface area contributed by atoms with Crippen LogP contribution in [0.3, 0.4) is 0 Å². The lowest BCUT2D eigenvalue weighted by Crippen LogP contribution is -2.49. The third-order valence-corrected chi connectivity index (χ3v) is 6.49. The van der Waals surface area contributed by atoms with Crippen LogP contribution in [-0.4, -0.2) is 47.8 Å². The number of rotatable bonds is 6. The Labute approximate surface area is 199 Å². The normalized spacial score (nSPS) is 13.8. The molecule has 0 unspecified atom stereocenters. The number of piperazine rings is 1. The van der Waals surface area contributed by atoms with E-state index in [1.54, 1.807) is 12.4 Å². The van der Waals surface area contributed by atoms with Gasteiger partial charge in [-0.1, -0.05) is 60.7 Å². The van der Waals surface area contributed by atoms with Gasteiger partial charge in [0, 0.05) is 73.6 Å². The molecular formula is C29H27N3O2. The van der Waals surface area contributed by atoms with Gasteiger partial charge in [-0.15, -0.1) is 0 Å². The second-order valence-electron chi connectivity index (χ2n) is 8.61. The van der Waals surface area contributed by atoms with Crippen molar-refractivity contribution in [3.05, 3.63) is 96.8 Å². The minimum atomic E-state index is 0.00230. The molecule has 1 saturated heterocycles. The average molecular weight is 450 g/mol. The van der Waals surface area contributed by atoms with Crippen LogP contribution in [0.5, 0.6) is 0 Å². The summed E-state index contributed by atoms with van der Waals surface area (Å²) in [5.41, 5.74) is 4.25. The van der Waals surface area contributed by atoms with Crippen LogP contribution in [0.2, 0.25) is 0 Å². The molecule has 5 rings (SSSR count). The lowest BCUT2D eigenvalue weighted by atomic mass is 10.0. The first-order valence-corrected chi connectivity index (χ1v) is 11.7. The number of amides is 1. The number of Topliss-reactive ketones (excluding diaryl/α,β-unsaturated/α-hetero) is 1. The Kier molecular flexibility index (Phi) is 6.34. The summed E-state index contributed by atoms with van der Waals surface area (Å²) >= 11 is 0. The van der Waals surface area contributed by atoms with Gasteiger partial charge in [-0.2, -0.15) is 0 Å². The number of anilines is 1. The fourth-order valence-corrected chi connectivity index (χ4v) is 4.59. The maximum Gasteiger partial charge on any atom is 0.223 e. The Morgan fingerprint density at radius 3 is 2.35 bits per heavy atom. The highest BCUT2D eigenvalue weighted by Crippen LogP contribution is 2.31. The van der Waals surface area contributed by atoms with Crippen molar-refractivity contribution in [1.82, 2.24) is 9.88 Å². The fourth-order valence-electron chi connectivity index (χ4n) is 4.59. The van der Waals surface area contributed by atoms with Gasteiger partial charge < -0.3 is 9.80 Å². The molecule has 0 saturated carbocycles. The standard InChI is InChI=1S/C29H27N3O2/c33-28(24-10-11-25-21-30-15-14-23(25)20-24)12-13-29(34)32-18-16-31(17-19-32)27-9-5-4-8-26(27)22-6-2-1-3-7-22/h1-11,14-15,20-21H,12-13,16-19H2. The smallest absolute Gasteiger partial charge is 0.223 e. The maximum atomic E-state index is 12.8. The molecule has 3 aromatic carbocycles. The van der Waals surface area contributed by atoms with E-state index < -0.39 is 0 Å². The van der Waals surface area contributed by atoms with Gasteiger partial charge in [-0.05, 0) is 29.1 Å². The molecule has 2 heterocycles. The predicted octanol–water partition coefficient (Wildman–Crippen LogP) is 5.21. The summed E-state index contributed by atoms with van der Waals surface area (Å²) in [5, 5.41) is 1.99. The molecule has 34 heavy (non-hydrogen) atoms. The van der Waals surface area contributed by atoms with Gasteiger partial charge in [0.05, 0.1) is 0 Å². The highest BCUT2D eigenvalue weighted by atomic mass is 16.2. The van der Waals surface area contributed by atoms with Crippen molar-refractivity contribution in [2.45, 2.75) is 12.8 Å². The number of para-hydroxylation sites is 1. The number of benzene rings is 3. The second kappa shape index (κ2) is 9.87. The number of fused-ring (bicyclic) bond motifs is 1. The zero-order chi connectivity index (χ0) is 23.3. The third kappa shape index (κ3) is 4.69. The van der Waals surface area contributed by atoms with E-state index in [-0.39, 0.29) is 24.5 Å². The lowest BCUT2D eigenvalue weighted by Gasteiger charge is -2.37. The number of pyridine rings is 1. The van der Waals surface area contributed by atoms with Crippen molar-refractivity contribution in [3.63, 3.8) is 0 Å². The highest BCUT2D eigenvalue weighted by Gasteiger charge is 2.23. The minimum absolute atomic E-state index is 0.00230. The van der Waals surface area contributed by atoms with Crippen LogP contribution in [0.15, 0.2) is 91.3 Å². The number of ketones is 1. The first-order valence-electron chi connectivity index (χ1n) is 11.7. The summed E-state index contributed by atoms with van der Waals surface area (Å²) < 4.78 is 0. The number of carbonyl (C=O) groups is 2. The summed E-state index contributed by atoms with van der Waals surface area (Å²) in [4.78, 5) is 33.9. The summed E-state index contributed by atoms with van der Waals surface area (Å²) in [5.74, 6) is 0.0526. The van der Waals surface area contributed by atoms with E-state index in [0.717, 1.165) is 23.9 Å². The van der Waals surface area contributed by atoms with Gasteiger partial charge in [-0.25, -0.2) is 0 Å². The van der Waals surface area contributed by atoms with E-state index in [0.29, 0.717) is 18.7 Å². The quantitative estimate of drug-likeness (QED) is 0.379. The molecule has 1 aromatic heterocycles. The molecule has 5 heteroatoms. The van der Waals surface area contributed by atoms with Crippen molar-refractivity contribution < 1.29 is 9.59 Å². The molecule has 5 nitrogen and oxygen atoms in total. The number of hydrogen-bond donors (Lipinski definition) is 0. The Hall–Kier alpha value is -3.99. The lowest BCUT2D eigenvalue weighted by molar-refractivity contribution is -0.131. The Morgan fingerprint density at radius 2 is 1.53 bits per heavy atom. The molecular weight excluding hydrogens is 422 g/mol. The minimum Gasteiger partial charge on any atom is -0.367 e. The van der Waals surface area contributed by atoms with Crippen molar-refractivity contribution in [2.24, 2.45) is 0 Å². The Balaban J connectivity index is 1.18. The first-order chi connectivity index (χ1) is 16.7. The number of carbonyl (C=O) groups excluding carboxylic acids is 2. The summed E-state index contributed by atoms with van der Waals surface area (Å²) in [7, 11) is 0. The molecule has 0 spiro atoms. The van der Waals surface area contributed by atoms with Crippen LogP contribution in [0.1, 0.15) is 23.2 Å². The zero-order valence-corrected chi connectivity index (χ0v) is 19.1. The van der Waals surface area contributed by atoms with E-state index in [1.807, 2.05) is 35.2 Å². The highest BCUT2D eigenvalue weighted by molar-refractivity contribution is 6.01.